The molecule has 21 heavy (non-hydrogen) atoms. The Morgan fingerprint density at radius 1 is 1.48 bits per heavy atom. The summed E-state index contributed by atoms with van der Waals surface area (Å²) < 4.78 is 2.05. The lowest BCUT2D eigenvalue weighted by Gasteiger charge is -2.31. The van der Waals surface area contributed by atoms with Crippen LogP contribution in [0.2, 0.25) is 0 Å². The summed E-state index contributed by atoms with van der Waals surface area (Å²) in [4.78, 5) is 25.8. The van der Waals surface area contributed by atoms with Gasteiger partial charge in [-0.1, -0.05) is 0 Å². The number of H-pyrrole nitrogens is 1. The highest BCUT2D eigenvalue weighted by Gasteiger charge is 2.24. The van der Waals surface area contributed by atoms with Crippen LogP contribution in [0.1, 0.15) is 36.1 Å². The van der Waals surface area contributed by atoms with Crippen molar-refractivity contribution >= 4 is 0 Å². The van der Waals surface area contributed by atoms with E-state index < -0.39 is 0 Å². The second-order valence-electron chi connectivity index (χ2n) is 5.80. The predicted octanol–water partition coefficient (Wildman–Crippen LogP) is 1.19. The molecule has 0 spiro atoms. The first-order valence-corrected chi connectivity index (χ1v) is 7.38. The Balaban J connectivity index is 1.73. The summed E-state index contributed by atoms with van der Waals surface area (Å²) in [6.45, 7) is 4.70. The fourth-order valence-corrected chi connectivity index (χ4v) is 2.97. The van der Waals surface area contributed by atoms with Gasteiger partial charge in [0, 0.05) is 43.7 Å². The van der Waals surface area contributed by atoms with E-state index in [0.717, 1.165) is 49.8 Å². The molecule has 1 saturated heterocycles. The third-order valence-corrected chi connectivity index (χ3v) is 4.07. The van der Waals surface area contributed by atoms with Crippen molar-refractivity contribution in [3.05, 3.63) is 46.2 Å². The molecule has 0 saturated carbocycles. The molecule has 112 valence electrons. The summed E-state index contributed by atoms with van der Waals surface area (Å²) >= 11 is 0. The summed E-state index contributed by atoms with van der Waals surface area (Å²) in [7, 11) is 2.02. The van der Waals surface area contributed by atoms with Gasteiger partial charge in [0.1, 0.15) is 11.6 Å². The molecule has 3 rings (SSSR count). The van der Waals surface area contributed by atoms with Crippen LogP contribution >= 0.6 is 0 Å². The van der Waals surface area contributed by atoms with Crippen LogP contribution in [0.3, 0.4) is 0 Å². The quantitative estimate of drug-likeness (QED) is 0.921. The van der Waals surface area contributed by atoms with Crippen LogP contribution in [0.4, 0.5) is 0 Å². The number of likely N-dealkylation sites (tertiary alicyclic amines) is 1. The van der Waals surface area contributed by atoms with E-state index in [1.54, 1.807) is 0 Å². The number of hydrogen-bond acceptors (Lipinski definition) is 4. The van der Waals surface area contributed by atoms with E-state index in [4.69, 9.17) is 0 Å². The molecule has 2 aromatic rings. The van der Waals surface area contributed by atoms with E-state index in [0.29, 0.717) is 5.92 Å². The monoisotopic (exact) mass is 287 g/mol. The largest absolute Gasteiger partial charge is 0.337 e. The maximum Gasteiger partial charge on any atom is 0.251 e. The van der Waals surface area contributed by atoms with Crippen LogP contribution in [0, 0.1) is 6.92 Å². The second kappa shape index (κ2) is 5.81. The zero-order valence-corrected chi connectivity index (χ0v) is 12.5. The Bertz CT molecular complexity index is 675. The van der Waals surface area contributed by atoms with Gasteiger partial charge in [-0.05, 0) is 26.3 Å². The number of nitrogens with zero attached hydrogens (tertiary/aromatic N) is 4. The zero-order chi connectivity index (χ0) is 14.8. The highest BCUT2D eigenvalue weighted by Crippen LogP contribution is 2.24. The topological polar surface area (TPSA) is 66.8 Å². The molecule has 3 heterocycles. The molecular formula is C15H21N5O. The van der Waals surface area contributed by atoms with Crippen molar-refractivity contribution in [2.24, 2.45) is 7.05 Å². The van der Waals surface area contributed by atoms with E-state index in [1.165, 1.54) is 6.07 Å². The van der Waals surface area contributed by atoms with Gasteiger partial charge in [0.25, 0.3) is 5.56 Å². The number of aromatic amines is 1. The standard InChI is InChI=1S/C15H21N5O/c1-11-8-14(21)18-15(17-11)12-4-3-6-20(9-12)10-13-16-5-7-19(13)2/h5,7-8,12H,3-4,6,9-10H2,1-2H3,(H,17,18,21)/t12-/m1/s1. The predicted molar refractivity (Wildman–Crippen MR) is 80.1 cm³/mol. The van der Waals surface area contributed by atoms with Crippen LogP contribution in [0.25, 0.3) is 0 Å². The second-order valence-corrected chi connectivity index (χ2v) is 5.80. The number of rotatable bonds is 3. The van der Waals surface area contributed by atoms with E-state index in [1.807, 2.05) is 26.4 Å². The molecule has 6 nitrogen and oxygen atoms in total. The lowest BCUT2D eigenvalue weighted by Crippen LogP contribution is -2.35. The Kier molecular flexibility index (Phi) is 3.88. The van der Waals surface area contributed by atoms with Crippen molar-refractivity contribution < 1.29 is 0 Å². The van der Waals surface area contributed by atoms with Crippen molar-refractivity contribution in [3.8, 4) is 0 Å². The van der Waals surface area contributed by atoms with Gasteiger partial charge < -0.3 is 9.55 Å². The Labute approximate surface area is 123 Å². The lowest BCUT2D eigenvalue weighted by molar-refractivity contribution is 0.190. The number of hydrogen-bond donors (Lipinski definition) is 1. The lowest BCUT2D eigenvalue weighted by atomic mass is 9.97. The summed E-state index contributed by atoms with van der Waals surface area (Å²) in [6.07, 6.45) is 5.99. The normalized spacial score (nSPS) is 19.8. The van der Waals surface area contributed by atoms with Crippen LogP contribution in [-0.2, 0) is 13.6 Å². The summed E-state index contributed by atoms with van der Waals surface area (Å²) in [5, 5.41) is 0. The average Bonchev–Trinajstić information content (AvgIpc) is 2.84. The van der Waals surface area contributed by atoms with Crippen molar-refractivity contribution in [3.63, 3.8) is 0 Å². The van der Waals surface area contributed by atoms with Crippen LogP contribution in [0.15, 0.2) is 23.3 Å². The van der Waals surface area contributed by atoms with Gasteiger partial charge in [-0.25, -0.2) is 9.97 Å². The Morgan fingerprint density at radius 2 is 2.33 bits per heavy atom. The molecule has 1 aliphatic rings. The minimum atomic E-state index is -0.0567. The zero-order valence-electron chi connectivity index (χ0n) is 12.5. The van der Waals surface area contributed by atoms with Crippen LogP contribution in [0.5, 0.6) is 0 Å². The van der Waals surface area contributed by atoms with Gasteiger partial charge in [-0.2, -0.15) is 0 Å². The number of aromatic nitrogens is 4. The number of nitrogens with one attached hydrogen (secondary N) is 1. The molecule has 1 N–H and O–H groups in total. The number of imidazole rings is 1. The minimum Gasteiger partial charge on any atom is -0.337 e. The van der Waals surface area contributed by atoms with Gasteiger partial charge in [-0.15, -0.1) is 0 Å². The third kappa shape index (κ3) is 3.21. The van der Waals surface area contributed by atoms with Gasteiger partial charge in [0.2, 0.25) is 0 Å². The van der Waals surface area contributed by atoms with Crippen LogP contribution in [-0.4, -0.2) is 37.5 Å². The Morgan fingerprint density at radius 3 is 3.05 bits per heavy atom. The molecule has 0 aliphatic carbocycles. The van der Waals surface area contributed by atoms with Crippen molar-refractivity contribution in [1.29, 1.82) is 0 Å². The minimum absolute atomic E-state index is 0.0567. The molecule has 0 bridgehead atoms. The first kappa shape index (κ1) is 14.0. The first-order chi connectivity index (χ1) is 10.1. The van der Waals surface area contributed by atoms with E-state index >= 15 is 0 Å². The fourth-order valence-electron chi connectivity index (χ4n) is 2.97. The molecular weight excluding hydrogens is 266 g/mol. The number of aryl methyl sites for hydroxylation is 2. The smallest absolute Gasteiger partial charge is 0.251 e. The maximum absolute atomic E-state index is 11.6. The molecule has 1 fully saturated rings. The van der Waals surface area contributed by atoms with Gasteiger partial charge in [-0.3, -0.25) is 9.69 Å². The molecule has 1 aliphatic heterocycles. The summed E-state index contributed by atoms with van der Waals surface area (Å²) in [6, 6.07) is 1.54. The Hall–Kier alpha value is -1.95. The number of piperidine rings is 1. The fraction of sp³-hybridized carbons (Fsp3) is 0.533. The van der Waals surface area contributed by atoms with E-state index in [-0.39, 0.29) is 5.56 Å². The molecule has 0 unspecified atom stereocenters. The summed E-state index contributed by atoms with van der Waals surface area (Å²) in [5.74, 6) is 2.19. The molecule has 0 radical (unpaired) electrons. The highest BCUT2D eigenvalue weighted by molar-refractivity contribution is 5.06. The van der Waals surface area contributed by atoms with Crippen molar-refractivity contribution in [1.82, 2.24) is 24.4 Å². The first-order valence-electron chi connectivity index (χ1n) is 7.38. The van der Waals surface area contributed by atoms with Gasteiger partial charge >= 0.3 is 0 Å². The van der Waals surface area contributed by atoms with Crippen LogP contribution < -0.4 is 5.56 Å². The van der Waals surface area contributed by atoms with Gasteiger partial charge in [0.05, 0.1) is 6.54 Å². The molecule has 2 aromatic heterocycles. The third-order valence-electron chi connectivity index (χ3n) is 4.07. The molecule has 0 amide bonds. The molecule has 6 heteroatoms. The highest BCUT2D eigenvalue weighted by atomic mass is 16.1. The van der Waals surface area contributed by atoms with E-state index in [2.05, 4.69) is 24.4 Å². The molecule has 1 atom stereocenters. The molecule has 0 aromatic carbocycles. The van der Waals surface area contributed by atoms with E-state index in [9.17, 15) is 4.79 Å². The van der Waals surface area contributed by atoms with Gasteiger partial charge in [0.15, 0.2) is 0 Å². The SMILES string of the molecule is Cc1cc(=O)[nH]c([C@@H]2CCCN(Cc3nccn3C)C2)n1. The maximum atomic E-state index is 11.6. The average molecular weight is 287 g/mol. The van der Waals surface area contributed by atoms with Crippen molar-refractivity contribution in [2.45, 2.75) is 32.2 Å². The summed E-state index contributed by atoms with van der Waals surface area (Å²) in [5.41, 5.74) is 0.730. The van der Waals surface area contributed by atoms with Crippen molar-refractivity contribution in [2.75, 3.05) is 13.1 Å².